The Hall–Kier alpha value is -1.06. The summed E-state index contributed by atoms with van der Waals surface area (Å²) in [5.74, 6) is 0.278. The van der Waals surface area contributed by atoms with Crippen LogP contribution in [-0.4, -0.2) is 34.5 Å². The minimum absolute atomic E-state index is 0.0949. The zero-order valence-electron chi connectivity index (χ0n) is 12.1. The van der Waals surface area contributed by atoms with Crippen LogP contribution in [0.4, 0.5) is 0 Å². The van der Waals surface area contributed by atoms with Crippen LogP contribution in [0, 0.1) is 23.7 Å². The van der Waals surface area contributed by atoms with Crippen molar-refractivity contribution in [2.45, 2.75) is 52.5 Å². The molecule has 4 heteroatoms. The maximum Gasteiger partial charge on any atom is 0.308 e. The van der Waals surface area contributed by atoms with Crippen LogP contribution in [0.3, 0.4) is 0 Å². The molecule has 0 aromatic heterocycles. The average Bonchev–Trinajstić information content (AvgIpc) is 2.74. The van der Waals surface area contributed by atoms with Crippen molar-refractivity contribution >= 4 is 11.9 Å². The van der Waals surface area contributed by atoms with E-state index in [4.69, 9.17) is 0 Å². The molecule has 1 N–H and O–H groups in total. The molecule has 108 valence electrons. The third kappa shape index (κ3) is 2.77. The molecule has 1 aliphatic heterocycles. The van der Waals surface area contributed by atoms with Gasteiger partial charge in [0.1, 0.15) is 0 Å². The number of carbonyl (C=O) groups excluding carboxylic acids is 1. The maximum atomic E-state index is 11.9. The number of carboxylic acid groups (broad SMARTS) is 1. The van der Waals surface area contributed by atoms with Crippen LogP contribution in [0.2, 0.25) is 0 Å². The predicted molar refractivity (Wildman–Crippen MR) is 72.6 cm³/mol. The van der Waals surface area contributed by atoms with E-state index >= 15 is 0 Å². The van der Waals surface area contributed by atoms with Gasteiger partial charge < -0.3 is 10.0 Å². The molecular formula is C15H25NO3. The van der Waals surface area contributed by atoms with Gasteiger partial charge in [-0.3, -0.25) is 9.59 Å². The first-order valence-electron chi connectivity index (χ1n) is 7.44. The van der Waals surface area contributed by atoms with E-state index in [9.17, 15) is 14.7 Å². The number of hydrogen-bond donors (Lipinski definition) is 1. The lowest BCUT2D eigenvalue weighted by Crippen LogP contribution is -2.52. The lowest BCUT2D eigenvalue weighted by molar-refractivity contribution is -0.150. The fraction of sp³-hybridized carbons (Fsp3) is 0.867. The second-order valence-electron chi connectivity index (χ2n) is 6.58. The van der Waals surface area contributed by atoms with E-state index in [-0.39, 0.29) is 17.9 Å². The fourth-order valence-corrected chi connectivity index (χ4v) is 3.88. The van der Waals surface area contributed by atoms with Gasteiger partial charge in [-0.05, 0) is 37.0 Å². The van der Waals surface area contributed by atoms with Crippen LogP contribution < -0.4 is 0 Å². The third-order valence-corrected chi connectivity index (χ3v) is 4.96. The summed E-state index contributed by atoms with van der Waals surface area (Å²) in [7, 11) is 0. The minimum Gasteiger partial charge on any atom is -0.481 e. The molecule has 1 saturated heterocycles. The lowest BCUT2D eigenvalue weighted by atomic mass is 9.68. The zero-order valence-corrected chi connectivity index (χ0v) is 12.1. The average molecular weight is 267 g/mol. The van der Waals surface area contributed by atoms with Gasteiger partial charge in [0.05, 0.1) is 5.92 Å². The molecule has 0 radical (unpaired) electrons. The topological polar surface area (TPSA) is 57.6 Å². The second kappa shape index (κ2) is 5.51. The van der Waals surface area contributed by atoms with Crippen molar-refractivity contribution < 1.29 is 14.7 Å². The van der Waals surface area contributed by atoms with Crippen molar-refractivity contribution in [1.82, 2.24) is 4.90 Å². The van der Waals surface area contributed by atoms with Crippen molar-refractivity contribution in [2.24, 2.45) is 23.7 Å². The summed E-state index contributed by atoms with van der Waals surface area (Å²) >= 11 is 0. The lowest BCUT2D eigenvalue weighted by Gasteiger charge is -2.44. The van der Waals surface area contributed by atoms with E-state index in [2.05, 4.69) is 20.8 Å². The Labute approximate surface area is 115 Å². The molecule has 2 fully saturated rings. The van der Waals surface area contributed by atoms with Gasteiger partial charge in [-0.1, -0.05) is 20.8 Å². The first-order chi connectivity index (χ1) is 8.91. The zero-order chi connectivity index (χ0) is 14.2. The molecule has 2 rings (SSSR count). The fourth-order valence-electron chi connectivity index (χ4n) is 3.88. The number of aliphatic carboxylic acids is 1. The molecular weight excluding hydrogens is 242 g/mol. The first-order valence-corrected chi connectivity index (χ1v) is 7.44. The van der Waals surface area contributed by atoms with Gasteiger partial charge in [0.15, 0.2) is 0 Å². The highest BCUT2D eigenvalue weighted by Gasteiger charge is 2.45. The maximum absolute atomic E-state index is 11.9. The second-order valence-corrected chi connectivity index (χ2v) is 6.58. The van der Waals surface area contributed by atoms with Gasteiger partial charge >= 0.3 is 5.97 Å². The summed E-state index contributed by atoms with van der Waals surface area (Å²) in [5, 5.41) is 9.53. The molecule has 4 unspecified atom stereocenters. The number of carbonyl (C=O) groups is 2. The quantitative estimate of drug-likeness (QED) is 0.854. The number of nitrogens with zero attached hydrogens (tertiary/aromatic N) is 1. The highest BCUT2D eigenvalue weighted by atomic mass is 16.4. The Morgan fingerprint density at radius 1 is 1.37 bits per heavy atom. The van der Waals surface area contributed by atoms with E-state index in [1.807, 2.05) is 4.90 Å². The van der Waals surface area contributed by atoms with Crippen molar-refractivity contribution in [2.75, 3.05) is 6.54 Å². The Morgan fingerprint density at radius 3 is 2.53 bits per heavy atom. The van der Waals surface area contributed by atoms with Crippen LogP contribution in [0.1, 0.15) is 46.5 Å². The largest absolute Gasteiger partial charge is 0.481 e. The van der Waals surface area contributed by atoms with Gasteiger partial charge in [0, 0.05) is 19.0 Å². The normalized spacial score (nSPS) is 36.0. The Bertz CT molecular complexity index is 366. The van der Waals surface area contributed by atoms with Crippen molar-refractivity contribution in [3.05, 3.63) is 0 Å². The van der Waals surface area contributed by atoms with Crippen LogP contribution in [0.5, 0.6) is 0 Å². The standard InChI is InChI=1S/C15H25NO3/c1-9(2)11-7-10(3)14(12(8-11)15(18)19)16-6-4-5-13(16)17/h9-12,14H,4-8H2,1-3H3,(H,18,19). The van der Waals surface area contributed by atoms with E-state index in [0.717, 1.165) is 19.4 Å². The highest BCUT2D eigenvalue weighted by Crippen LogP contribution is 2.41. The van der Waals surface area contributed by atoms with Crippen LogP contribution >= 0.6 is 0 Å². The number of rotatable bonds is 3. The van der Waals surface area contributed by atoms with Crippen LogP contribution in [-0.2, 0) is 9.59 Å². The van der Waals surface area contributed by atoms with E-state index in [0.29, 0.717) is 24.7 Å². The molecule has 0 spiro atoms. The highest BCUT2D eigenvalue weighted by molar-refractivity contribution is 5.80. The smallest absolute Gasteiger partial charge is 0.308 e. The number of hydrogen-bond acceptors (Lipinski definition) is 2. The summed E-state index contributed by atoms with van der Waals surface area (Å²) in [6, 6.07) is -0.0949. The monoisotopic (exact) mass is 267 g/mol. The van der Waals surface area contributed by atoms with Gasteiger partial charge in [-0.2, -0.15) is 0 Å². The summed E-state index contributed by atoms with van der Waals surface area (Å²) < 4.78 is 0. The molecule has 4 nitrogen and oxygen atoms in total. The Morgan fingerprint density at radius 2 is 2.05 bits per heavy atom. The number of likely N-dealkylation sites (tertiary alicyclic amines) is 1. The summed E-state index contributed by atoms with van der Waals surface area (Å²) in [6.07, 6.45) is 3.22. The van der Waals surface area contributed by atoms with E-state index < -0.39 is 11.9 Å². The molecule has 0 aromatic carbocycles. The third-order valence-electron chi connectivity index (χ3n) is 4.96. The van der Waals surface area contributed by atoms with E-state index in [1.54, 1.807) is 0 Å². The summed E-state index contributed by atoms with van der Waals surface area (Å²) in [4.78, 5) is 25.4. The molecule has 4 atom stereocenters. The van der Waals surface area contributed by atoms with Gasteiger partial charge in [-0.15, -0.1) is 0 Å². The van der Waals surface area contributed by atoms with Crippen LogP contribution in [0.25, 0.3) is 0 Å². The molecule has 0 bridgehead atoms. The van der Waals surface area contributed by atoms with E-state index in [1.165, 1.54) is 0 Å². The summed E-state index contributed by atoms with van der Waals surface area (Å²) in [5.41, 5.74) is 0. The van der Waals surface area contributed by atoms with Gasteiger partial charge in [-0.25, -0.2) is 0 Å². The SMILES string of the molecule is CC(C)C1CC(C)C(N2CCCC2=O)C(C(=O)O)C1. The molecule has 1 aliphatic carbocycles. The molecule has 0 aromatic rings. The summed E-state index contributed by atoms with van der Waals surface area (Å²) in [6.45, 7) is 7.18. The molecule has 1 heterocycles. The van der Waals surface area contributed by atoms with Crippen molar-refractivity contribution in [3.8, 4) is 0 Å². The Kier molecular flexibility index (Phi) is 4.16. The first kappa shape index (κ1) is 14.4. The molecule has 2 aliphatic rings. The predicted octanol–water partition coefficient (Wildman–Crippen LogP) is 2.38. The van der Waals surface area contributed by atoms with Gasteiger partial charge in [0.2, 0.25) is 5.91 Å². The Balaban J connectivity index is 2.20. The molecule has 19 heavy (non-hydrogen) atoms. The van der Waals surface area contributed by atoms with Gasteiger partial charge in [0.25, 0.3) is 0 Å². The minimum atomic E-state index is -0.734. The molecule has 1 saturated carbocycles. The number of amides is 1. The van der Waals surface area contributed by atoms with Crippen LogP contribution in [0.15, 0.2) is 0 Å². The van der Waals surface area contributed by atoms with Crippen molar-refractivity contribution in [3.63, 3.8) is 0 Å². The number of carboxylic acids is 1. The molecule has 1 amide bonds. The van der Waals surface area contributed by atoms with Crippen molar-refractivity contribution in [1.29, 1.82) is 0 Å².